The lowest BCUT2D eigenvalue weighted by Gasteiger charge is -2.33. The van der Waals surface area contributed by atoms with Gasteiger partial charge in [-0.3, -0.25) is 4.98 Å². The van der Waals surface area contributed by atoms with Gasteiger partial charge in [0.2, 0.25) is 0 Å². The first-order chi connectivity index (χ1) is 9.24. The molecule has 0 unspecified atom stereocenters. The zero-order valence-electron chi connectivity index (χ0n) is 11.1. The molecule has 1 fully saturated rings. The fraction of sp³-hybridized carbons (Fsp3) is 0.357. The van der Waals surface area contributed by atoms with E-state index in [1.807, 2.05) is 18.2 Å². The standard InChI is InChI=1S/C14H19N5/c1-18-7-9-19(10-8-18)17-13-5-4-12(15)14-11(13)3-2-6-16-14/h2-6,17H,7-10,15H2,1H3. The summed E-state index contributed by atoms with van der Waals surface area (Å²) >= 11 is 0. The van der Waals surface area contributed by atoms with E-state index in [2.05, 4.69) is 33.4 Å². The van der Waals surface area contributed by atoms with E-state index in [4.69, 9.17) is 5.73 Å². The van der Waals surface area contributed by atoms with Crippen LogP contribution in [0.25, 0.3) is 10.9 Å². The molecular formula is C14H19N5. The van der Waals surface area contributed by atoms with Crippen LogP contribution in [0.4, 0.5) is 11.4 Å². The fourth-order valence-corrected chi connectivity index (χ4v) is 2.38. The number of rotatable bonds is 2. The van der Waals surface area contributed by atoms with Gasteiger partial charge >= 0.3 is 0 Å². The Morgan fingerprint density at radius 2 is 1.95 bits per heavy atom. The van der Waals surface area contributed by atoms with E-state index in [1.54, 1.807) is 6.20 Å². The lowest BCUT2D eigenvalue weighted by molar-refractivity contribution is 0.179. The van der Waals surface area contributed by atoms with Crippen molar-refractivity contribution in [1.82, 2.24) is 14.9 Å². The maximum Gasteiger partial charge on any atom is 0.0952 e. The van der Waals surface area contributed by atoms with Gasteiger partial charge in [-0.05, 0) is 31.3 Å². The van der Waals surface area contributed by atoms with E-state index in [9.17, 15) is 0 Å². The van der Waals surface area contributed by atoms with Gasteiger partial charge in [-0.15, -0.1) is 0 Å². The second-order valence-corrected chi connectivity index (χ2v) is 5.00. The van der Waals surface area contributed by atoms with Crippen molar-refractivity contribution in [3.63, 3.8) is 0 Å². The van der Waals surface area contributed by atoms with Crippen LogP contribution in [-0.2, 0) is 0 Å². The molecule has 100 valence electrons. The van der Waals surface area contributed by atoms with Crippen LogP contribution in [0.5, 0.6) is 0 Å². The van der Waals surface area contributed by atoms with Gasteiger partial charge in [0.15, 0.2) is 0 Å². The maximum atomic E-state index is 5.97. The SMILES string of the molecule is CN1CCN(Nc2ccc(N)c3ncccc23)CC1. The van der Waals surface area contributed by atoms with E-state index in [-0.39, 0.29) is 0 Å². The zero-order valence-corrected chi connectivity index (χ0v) is 11.1. The molecule has 0 radical (unpaired) electrons. The predicted molar refractivity (Wildman–Crippen MR) is 78.8 cm³/mol. The van der Waals surface area contributed by atoms with Gasteiger partial charge in [0.05, 0.1) is 16.9 Å². The molecule has 2 aromatic rings. The first kappa shape index (κ1) is 12.2. The minimum atomic E-state index is 0.722. The molecule has 0 amide bonds. The Bertz CT molecular complexity index is 575. The third-order valence-corrected chi connectivity index (χ3v) is 3.58. The smallest absolute Gasteiger partial charge is 0.0952 e. The average molecular weight is 257 g/mol. The number of benzene rings is 1. The van der Waals surface area contributed by atoms with E-state index >= 15 is 0 Å². The zero-order chi connectivity index (χ0) is 13.2. The number of nitrogen functional groups attached to an aromatic ring is 1. The van der Waals surface area contributed by atoms with Crippen molar-refractivity contribution in [3.8, 4) is 0 Å². The highest BCUT2D eigenvalue weighted by Gasteiger charge is 2.14. The molecule has 0 atom stereocenters. The summed E-state index contributed by atoms with van der Waals surface area (Å²) < 4.78 is 0. The molecular weight excluding hydrogens is 238 g/mol. The maximum absolute atomic E-state index is 5.97. The van der Waals surface area contributed by atoms with Crippen molar-refractivity contribution >= 4 is 22.3 Å². The molecule has 1 aliphatic heterocycles. The summed E-state index contributed by atoms with van der Waals surface area (Å²) in [4.78, 5) is 6.69. The first-order valence-electron chi connectivity index (χ1n) is 6.57. The van der Waals surface area contributed by atoms with Crippen molar-refractivity contribution in [2.45, 2.75) is 0 Å². The van der Waals surface area contributed by atoms with Crippen LogP contribution in [0.2, 0.25) is 0 Å². The molecule has 19 heavy (non-hydrogen) atoms. The molecule has 0 spiro atoms. The highest BCUT2D eigenvalue weighted by atomic mass is 15.5. The number of pyridine rings is 1. The van der Waals surface area contributed by atoms with Crippen molar-refractivity contribution < 1.29 is 0 Å². The number of aromatic nitrogens is 1. The molecule has 3 N–H and O–H groups in total. The lowest BCUT2D eigenvalue weighted by atomic mass is 10.1. The molecule has 0 aliphatic carbocycles. The van der Waals surface area contributed by atoms with Gasteiger partial charge in [0.25, 0.3) is 0 Å². The Kier molecular flexibility index (Phi) is 3.23. The Hall–Kier alpha value is -1.85. The van der Waals surface area contributed by atoms with Gasteiger partial charge in [-0.1, -0.05) is 0 Å². The van der Waals surface area contributed by atoms with E-state index in [0.29, 0.717) is 0 Å². The number of piperazine rings is 1. The first-order valence-corrected chi connectivity index (χ1v) is 6.57. The third kappa shape index (κ3) is 2.47. The second-order valence-electron chi connectivity index (χ2n) is 5.00. The molecule has 0 saturated carbocycles. The van der Waals surface area contributed by atoms with Crippen molar-refractivity contribution in [2.24, 2.45) is 0 Å². The number of hydrogen-bond acceptors (Lipinski definition) is 5. The number of hydrogen-bond donors (Lipinski definition) is 2. The van der Waals surface area contributed by atoms with Crippen LogP contribution in [0.1, 0.15) is 0 Å². The van der Waals surface area contributed by atoms with Crippen LogP contribution in [0.15, 0.2) is 30.5 Å². The molecule has 0 bridgehead atoms. The van der Waals surface area contributed by atoms with Crippen LogP contribution < -0.4 is 11.2 Å². The molecule has 1 aromatic heterocycles. The number of likely N-dealkylation sites (N-methyl/N-ethyl adjacent to an activating group) is 1. The highest BCUT2D eigenvalue weighted by molar-refractivity contribution is 5.98. The Balaban J connectivity index is 1.87. The highest BCUT2D eigenvalue weighted by Crippen LogP contribution is 2.26. The molecule has 1 saturated heterocycles. The molecule has 3 rings (SSSR count). The quantitative estimate of drug-likeness (QED) is 0.796. The topological polar surface area (TPSA) is 57.4 Å². The minimum absolute atomic E-state index is 0.722. The Morgan fingerprint density at radius 1 is 1.16 bits per heavy atom. The summed E-state index contributed by atoms with van der Waals surface area (Å²) in [5.74, 6) is 0. The molecule has 1 aromatic carbocycles. The number of nitrogens with one attached hydrogen (secondary N) is 1. The van der Waals surface area contributed by atoms with Gasteiger partial charge in [-0.25, -0.2) is 5.01 Å². The summed E-state index contributed by atoms with van der Waals surface area (Å²) in [6.45, 7) is 4.20. The van der Waals surface area contributed by atoms with Gasteiger partial charge < -0.3 is 16.1 Å². The van der Waals surface area contributed by atoms with Crippen molar-refractivity contribution in [1.29, 1.82) is 0 Å². The summed E-state index contributed by atoms with van der Waals surface area (Å²) in [6, 6.07) is 7.93. The summed E-state index contributed by atoms with van der Waals surface area (Å²) in [5.41, 5.74) is 12.1. The summed E-state index contributed by atoms with van der Waals surface area (Å²) in [7, 11) is 2.15. The van der Waals surface area contributed by atoms with Crippen LogP contribution in [0, 0.1) is 0 Å². The fourth-order valence-electron chi connectivity index (χ4n) is 2.38. The van der Waals surface area contributed by atoms with Crippen LogP contribution >= 0.6 is 0 Å². The number of hydrazine groups is 1. The van der Waals surface area contributed by atoms with Crippen molar-refractivity contribution in [3.05, 3.63) is 30.5 Å². The number of anilines is 2. The normalized spacial score (nSPS) is 17.7. The third-order valence-electron chi connectivity index (χ3n) is 3.58. The minimum Gasteiger partial charge on any atom is -0.397 e. The molecule has 5 nitrogen and oxygen atoms in total. The summed E-state index contributed by atoms with van der Waals surface area (Å²) in [6.07, 6.45) is 1.78. The Morgan fingerprint density at radius 3 is 2.74 bits per heavy atom. The van der Waals surface area contributed by atoms with Gasteiger partial charge in [0.1, 0.15) is 0 Å². The van der Waals surface area contributed by atoms with E-state index < -0.39 is 0 Å². The van der Waals surface area contributed by atoms with E-state index in [0.717, 1.165) is 48.5 Å². The summed E-state index contributed by atoms with van der Waals surface area (Å²) in [5, 5.41) is 3.32. The van der Waals surface area contributed by atoms with Gasteiger partial charge in [-0.2, -0.15) is 0 Å². The lowest BCUT2D eigenvalue weighted by Crippen LogP contribution is -2.46. The average Bonchev–Trinajstić information content (AvgIpc) is 2.45. The molecule has 1 aliphatic rings. The van der Waals surface area contributed by atoms with Crippen LogP contribution in [0.3, 0.4) is 0 Å². The largest absolute Gasteiger partial charge is 0.397 e. The monoisotopic (exact) mass is 257 g/mol. The van der Waals surface area contributed by atoms with Gasteiger partial charge in [0, 0.05) is 37.8 Å². The number of fused-ring (bicyclic) bond motifs is 1. The molecule has 2 heterocycles. The van der Waals surface area contributed by atoms with Crippen LogP contribution in [-0.4, -0.2) is 48.1 Å². The number of nitrogens with two attached hydrogens (primary N) is 1. The van der Waals surface area contributed by atoms with E-state index in [1.165, 1.54) is 0 Å². The predicted octanol–water partition coefficient (Wildman–Crippen LogP) is 1.39. The second kappa shape index (κ2) is 5.03. The number of nitrogens with zero attached hydrogens (tertiary/aromatic N) is 3. The Labute approximate surface area is 113 Å². The van der Waals surface area contributed by atoms with Crippen molar-refractivity contribution in [2.75, 3.05) is 44.4 Å². The molecule has 5 heteroatoms.